The molecular formula is C9H8N2O2. The van der Waals surface area contributed by atoms with E-state index in [1.165, 1.54) is 6.33 Å². The fraction of sp³-hybridized carbons (Fsp3) is 0.111. The highest BCUT2D eigenvalue weighted by atomic mass is 16.4. The summed E-state index contributed by atoms with van der Waals surface area (Å²) in [6, 6.07) is 5.33. The summed E-state index contributed by atoms with van der Waals surface area (Å²) in [5.74, 6) is -0.999. The van der Waals surface area contributed by atoms with Crippen LogP contribution in [-0.2, 0) is 0 Å². The van der Waals surface area contributed by atoms with Crippen molar-refractivity contribution in [2.45, 2.75) is 6.92 Å². The highest BCUT2D eigenvalue weighted by Gasteiger charge is 2.05. The molecule has 0 spiro atoms. The van der Waals surface area contributed by atoms with Crippen LogP contribution in [0.15, 0.2) is 24.5 Å². The zero-order valence-electron chi connectivity index (χ0n) is 7.06. The van der Waals surface area contributed by atoms with Crippen LogP contribution < -0.4 is 0 Å². The van der Waals surface area contributed by atoms with Crippen LogP contribution in [0.25, 0.3) is 5.52 Å². The summed E-state index contributed by atoms with van der Waals surface area (Å²) >= 11 is 0. The SMILES string of the molecule is Cc1ccc2cc(C(=O)O)ncn12. The summed E-state index contributed by atoms with van der Waals surface area (Å²) in [5, 5.41) is 8.68. The number of aryl methyl sites for hydroxylation is 1. The van der Waals surface area contributed by atoms with E-state index in [2.05, 4.69) is 4.98 Å². The summed E-state index contributed by atoms with van der Waals surface area (Å²) in [5.41, 5.74) is 1.97. The minimum Gasteiger partial charge on any atom is -0.477 e. The summed E-state index contributed by atoms with van der Waals surface area (Å²) in [6.07, 6.45) is 1.52. The smallest absolute Gasteiger partial charge is 0.354 e. The van der Waals surface area contributed by atoms with Crippen molar-refractivity contribution in [3.05, 3.63) is 35.9 Å². The third-order valence-corrected chi connectivity index (χ3v) is 1.97. The van der Waals surface area contributed by atoms with Gasteiger partial charge in [0, 0.05) is 11.2 Å². The molecule has 0 saturated heterocycles. The third-order valence-electron chi connectivity index (χ3n) is 1.97. The average Bonchev–Trinajstić information content (AvgIpc) is 2.47. The molecule has 66 valence electrons. The van der Waals surface area contributed by atoms with Crippen LogP contribution in [0.3, 0.4) is 0 Å². The van der Waals surface area contributed by atoms with E-state index in [1.807, 2.05) is 23.5 Å². The Morgan fingerprint density at radius 2 is 2.31 bits per heavy atom. The van der Waals surface area contributed by atoms with Crippen molar-refractivity contribution in [1.29, 1.82) is 0 Å². The lowest BCUT2D eigenvalue weighted by atomic mass is 10.3. The van der Waals surface area contributed by atoms with E-state index < -0.39 is 5.97 Å². The highest BCUT2D eigenvalue weighted by molar-refractivity contribution is 5.86. The molecule has 0 radical (unpaired) electrons. The number of fused-ring (bicyclic) bond motifs is 1. The molecule has 4 nitrogen and oxygen atoms in total. The van der Waals surface area contributed by atoms with Gasteiger partial charge in [-0.15, -0.1) is 0 Å². The Balaban J connectivity index is 2.70. The fourth-order valence-electron chi connectivity index (χ4n) is 1.26. The van der Waals surface area contributed by atoms with Crippen molar-refractivity contribution in [2.75, 3.05) is 0 Å². The topological polar surface area (TPSA) is 54.6 Å². The van der Waals surface area contributed by atoms with Crippen molar-refractivity contribution in [2.24, 2.45) is 0 Å². The first kappa shape index (κ1) is 7.79. The summed E-state index contributed by atoms with van der Waals surface area (Å²) in [4.78, 5) is 14.4. The molecule has 2 heterocycles. The standard InChI is InChI=1S/C9H8N2O2/c1-6-2-3-7-4-8(9(12)13)10-5-11(6)7/h2-5H,1H3,(H,12,13). The number of hydrogen-bond acceptors (Lipinski definition) is 2. The molecule has 4 heteroatoms. The van der Waals surface area contributed by atoms with Gasteiger partial charge in [-0.2, -0.15) is 0 Å². The second kappa shape index (κ2) is 2.58. The van der Waals surface area contributed by atoms with Crippen molar-refractivity contribution >= 4 is 11.5 Å². The van der Waals surface area contributed by atoms with E-state index in [0.717, 1.165) is 11.2 Å². The number of carboxylic acids is 1. The molecule has 0 aliphatic rings. The lowest BCUT2D eigenvalue weighted by Gasteiger charge is -1.97. The maximum atomic E-state index is 10.6. The molecule has 0 aromatic carbocycles. The molecule has 0 atom stereocenters. The molecular weight excluding hydrogens is 168 g/mol. The van der Waals surface area contributed by atoms with Crippen LogP contribution in [0.4, 0.5) is 0 Å². The average molecular weight is 176 g/mol. The number of carbonyl (C=O) groups is 1. The molecule has 13 heavy (non-hydrogen) atoms. The second-order valence-electron chi connectivity index (χ2n) is 2.85. The summed E-state index contributed by atoms with van der Waals surface area (Å²) in [6.45, 7) is 1.94. The van der Waals surface area contributed by atoms with E-state index in [9.17, 15) is 4.79 Å². The third kappa shape index (κ3) is 1.16. The van der Waals surface area contributed by atoms with Gasteiger partial charge >= 0.3 is 5.97 Å². The predicted molar refractivity (Wildman–Crippen MR) is 46.9 cm³/mol. The number of nitrogens with zero attached hydrogens (tertiary/aromatic N) is 2. The zero-order chi connectivity index (χ0) is 9.42. The Hall–Kier alpha value is -1.84. The molecule has 0 bridgehead atoms. The molecule has 2 rings (SSSR count). The highest BCUT2D eigenvalue weighted by Crippen LogP contribution is 2.09. The molecule has 0 saturated carbocycles. The van der Waals surface area contributed by atoms with Gasteiger partial charge in [0.05, 0.1) is 0 Å². The van der Waals surface area contributed by atoms with Crippen LogP contribution in [0, 0.1) is 6.92 Å². The first-order chi connectivity index (χ1) is 6.18. The lowest BCUT2D eigenvalue weighted by molar-refractivity contribution is 0.0690. The van der Waals surface area contributed by atoms with Crippen LogP contribution >= 0.6 is 0 Å². The Kier molecular flexibility index (Phi) is 1.55. The Morgan fingerprint density at radius 3 is 3.00 bits per heavy atom. The fourth-order valence-corrected chi connectivity index (χ4v) is 1.26. The monoisotopic (exact) mass is 176 g/mol. The molecule has 1 N–H and O–H groups in total. The largest absolute Gasteiger partial charge is 0.477 e. The van der Waals surface area contributed by atoms with Gasteiger partial charge in [0.2, 0.25) is 0 Å². The normalized spacial score (nSPS) is 10.5. The number of carboxylic acid groups (broad SMARTS) is 1. The second-order valence-corrected chi connectivity index (χ2v) is 2.85. The van der Waals surface area contributed by atoms with Gasteiger partial charge in [-0.05, 0) is 25.1 Å². The Labute approximate surface area is 74.5 Å². The van der Waals surface area contributed by atoms with Crippen molar-refractivity contribution in [3.8, 4) is 0 Å². The van der Waals surface area contributed by atoms with Crippen LogP contribution in [0.2, 0.25) is 0 Å². The summed E-state index contributed by atoms with van der Waals surface area (Å²) in [7, 11) is 0. The minimum atomic E-state index is -0.999. The Morgan fingerprint density at radius 1 is 1.54 bits per heavy atom. The van der Waals surface area contributed by atoms with E-state index in [4.69, 9.17) is 5.11 Å². The number of rotatable bonds is 1. The van der Waals surface area contributed by atoms with Gasteiger partial charge in [0.25, 0.3) is 0 Å². The first-order valence-corrected chi connectivity index (χ1v) is 3.85. The molecule has 0 aliphatic heterocycles. The van der Waals surface area contributed by atoms with E-state index in [1.54, 1.807) is 6.07 Å². The maximum Gasteiger partial charge on any atom is 0.354 e. The quantitative estimate of drug-likeness (QED) is 0.713. The molecule has 0 amide bonds. The van der Waals surface area contributed by atoms with Crippen LogP contribution in [0.5, 0.6) is 0 Å². The van der Waals surface area contributed by atoms with Gasteiger partial charge < -0.3 is 9.51 Å². The maximum absolute atomic E-state index is 10.6. The lowest BCUT2D eigenvalue weighted by Crippen LogP contribution is -2.01. The Bertz CT molecular complexity index is 473. The van der Waals surface area contributed by atoms with Crippen LogP contribution in [0.1, 0.15) is 16.2 Å². The van der Waals surface area contributed by atoms with Crippen molar-refractivity contribution in [1.82, 2.24) is 9.38 Å². The number of aromatic carboxylic acids is 1. The van der Waals surface area contributed by atoms with Gasteiger partial charge in [0.1, 0.15) is 6.33 Å². The molecule has 0 aliphatic carbocycles. The van der Waals surface area contributed by atoms with Crippen molar-refractivity contribution < 1.29 is 9.90 Å². The molecule has 2 aromatic heterocycles. The molecule has 0 unspecified atom stereocenters. The first-order valence-electron chi connectivity index (χ1n) is 3.85. The predicted octanol–water partition coefficient (Wildman–Crippen LogP) is 1.34. The van der Waals surface area contributed by atoms with Gasteiger partial charge in [0.15, 0.2) is 5.69 Å². The van der Waals surface area contributed by atoms with Crippen molar-refractivity contribution in [3.63, 3.8) is 0 Å². The van der Waals surface area contributed by atoms with E-state index >= 15 is 0 Å². The van der Waals surface area contributed by atoms with Gasteiger partial charge in [-0.1, -0.05) is 0 Å². The minimum absolute atomic E-state index is 0.0746. The molecule has 0 fully saturated rings. The van der Waals surface area contributed by atoms with E-state index in [0.29, 0.717) is 0 Å². The zero-order valence-corrected chi connectivity index (χ0v) is 7.06. The van der Waals surface area contributed by atoms with Gasteiger partial charge in [-0.25, -0.2) is 9.78 Å². The number of aromatic nitrogens is 2. The number of hydrogen-bond donors (Lipinski definition) is 1. The summed E-state index contributed by atoms with van der Waals surface area (Å²) < 4.78 is 1.84. The van der Waals surface area contributed by atoms with E-state index in [-0.39, 0.29) is 5.69 Å². The van der Waals surface area contributed by atoms with Gasteiger partial charge in [-0.3, -0.25) is 0 Å². The van der Waals surface area contributed by atoms with Crippen LogP contribution in [-0.4, -0.2) is 20.5 Å². The molecule has 2 aromatic rings.